The molecule has 0 saturated carbocycles. The number of imidazole rings is 1. The molecule has 0 saturated heterocycles. The molecular weight excluding hydrogens is 341 g/mol. The number of nitrogen functional groups attached to an aromatic ring is 1. The third-order valence-corrected chi connectivity index (χ3v) is 3.83. The quantitative estimate of drug-likeness (QED) is 0.683. The summed E-state index contributed by atoms with van der Waals surface area (Å²) >= 11 is 2.30. The summed E-state index contributed by atoms with van der Waals surface area (Å²) in [6.45, 7) is 1.94. The van der Waals surface area contributed by atoms with Crippen LogP contribution in [-0.4, -0.2) is 19.3 Å². The molecular formula is C12H12IN5. The number of rotatable bonds is 1. The van der Waals surface area contributed by atoms with Crippen molar-refractivity contribution in [3.05, 3.63) is 33.5 Å². The standard InChI is InChI=1S/C12H12IN5/c1-7-10-11(17(2)16-7)18(12(14)15-10)9-6-4-3-5-8(9)13/h3-6H,1-2H3,(H2,14,15). The average Bonchev–Trinajstić information content (AvgIpc) is 2.79. The van der Waals surface area contributed by atoms with E-state index >= 15 is 0 Å². The summed E-state index contributed by atoms with van der Waals surface area (Å²) < 4.78 is 4.88. The highest BCUT2D eigenvalue weighted by Gasteiger charge is 2.17. The average molecular weight is 353 g/mol. The molecule has 2 heterocycles. The second-order valence-corrected chi connectivity index (χ2v) is 5.30. The minimum atomic E-state index is 0.491. The number of fused-ring (bicyclic) bond motifs is 1. The van der Waals surface area contributed by atoms with Gasteiger partial charge in [0.1, 0.15) is 5.52 Å². The molecule has 18 heavy (non-hydrogen) atoms. The van der Waals surface area contributed by atoms with Crippen LogP contribution in [-0.2, 0) is 7.05 Å². The predicted octanol–water partition coefficient (Wildman–Crippen LogP) is 2.25. The van der Waals surface area contributed by atoms with Crippen LogP contribution < -0.4 is 5.73 Å². The van der Waals surface area contributed by atoms with Crippen LogP contribution in [0.5, 0.6) is 0 Å². The Hall–Kier alpha value is -1.57. The van der Waals surface area contributed by atoms with Gasteiger partial charge in [-0.3, -0.25) is 4.57 Å². The first-order chi connectivity index (χ1) is 8.59. The molecule has 6 heteroatoms. The molecule has 0 aliphatic carbocycles. The Kier molecular flexibility index (Phi) is 2.54. The van der Waals surface area contributed by atoms with Crippen LogP contribution in [0.2, 0.25) is 0 Å². The molecule has 92 valence electrons. The van der Waals surface area contributed by atoms with Crippen molar-refractivity contribution in [2.45, 2.75) is 6.92 Å². The summed E-state index contributed by atoms with van der Waals surface area (Å²) in [4.78, 5) is 4.41. The number of aryl methyl sites for hydroxylation is 2. The van der Waals surface area contributed by atoms with Gasteiger partial charge in [-0.05, 0) is 41.6 Å². The first-order valence-electron chi connectivity index (χ1n) is 5.52. The summed E-state index contributed by atoms with van der Waals surface area (Å²) in [5.41, 5.74) is 9.75. The van der Waals surface area contributed by atoms with Gasteiger partial charge >= 0.3 is 0 Å². The molecule has 0 bridgehead atoms. The van der Waals surface area contributed by atoms with Crippen molar-refractivity contribution in [2.24, 2.45) is 7.05 Å². The lowest BCUT2D eigenvalue weighted by molar-refractivity contribution is 0.762. The third-order valence-electron chi connectivity index (χ3n) is 2.92. The van der Waals surface area contributed by atoms with E-state index in [-0.39, 0.29) is 0 Å². The number of aromatic nitrogens is 4. The normalized spacial score (nSPS) is 11.3. The zero-order valence-corrected chi connectivity index (χ0v) is 12.2. The molecule has 1 aromatic carbocycles. The number of nitrogens with zero attached hydrogens (tertiary/aromatic N) is 4. The lowest BCUT2D eigenvalue weighted by Crippen LogP contribution is -2.06. The van der Waals surface area contributed by atoms with Crippen molar-refractivity contribution >= 4 is 39.7 Å². The fraction of sp³-hybridized carbons (Fsp3) is 0.167. The van der Waals surface area contributed by atoms with Crippen molar-refractivity contribution in [3.8, 4) is 5.69 Å². The highest BCUT2D eigenvalue weighted by molar-refractivity contribution is 14.1. The second kappa shape index (κ2) is 3.98. The maximum absolute atomic E-state index is 6.04. The predicted molar refractivity (Wildman–Crippen MR) is 79.7 cm³/mol. The van der Waals surface area contributed by atoms with Gasteiger partial charge in [0.2, 0.25) is 5.95 Å². The van der Waals surface area contributed by atoms with E-state index in [2.05, 4.69) is 32.7 Å². The number of anilines is 1. The van der Waals surface area contributed by atoms with Gasteiger partial charge in [0.25, 0.3) is 0 Å². The van der Waals surface area contributed by atoms with E-state index in [9.17, 15) is 0 Å². The molecule has 0 spiro atoms. The molecule has 2 N–H and O–H groups in total. The van der Waals surface area contributed by atoms with E-state index < -0.39 is 0 Å². The van der Waals surface area contributed by atoms with E-state index in [0.29, 0.717) is 5.95 Å². The first-order valence-corrected chi connectivity index (χ1v) is 6.60. The molecule has 0 aliphatic rings. The van der Waals surface area contributed by atoms with Gasteiger partial charge in [0, 0.05) is 10.6 Å². The van der Waals surface area contributed by atoms with Crippen molar-refractivity contribution in [3.63, 3.8) is 0 Å². The molecule has 0 aliphatic heterocycles. The van der Waals surface area contributed by atoms with Crippen LogP contribution in [0.4, 0.5) is 5.95 Å². The third kappa shape index (κ3) is 1.52. The fourth-order valence-electron chi connectivity index (χ4n) is 2.16. The van der Waals surface area contributed by atoms with Crippen LogP contribution in [0.3, 0.4) is 0 Å². The summed E-state index contributed by atoms with van der Waals surface area (Å²) in [6.07, 6.45) is 0. The smallest absolute Gasteiger partial charge is 0.207 e. The van der Waals surface area contributed by atoms with Gasteiger partial charge in [0.15, 0.2) is 5.65 Å². The van der Waals surface area contributed by atoms with Crippen LogP contribution in [0, 0.1) is 10.5 Å². The van der Waals surface area contributed by atoms with Crippen molar-refractivity contribution in [1.82, 2.24) is 19.3 Å². The number of hydrogen-bond acceptors (Lipinski definition) is 3. The van der Waals surface area contributed by atoms with E-state index in [1.807, 2.05) is 47.5 Å². The molecule has 0 fully saturated rings. The largest absolute Gasteiger partial charge is 0.369 e. The maximum Gasteiger partial charge on any atom is 0.207 e. The van der Waals surface area contributed by atoms with Crippen LogP contribution in [0.15, 0.2) is 24.3 Å². The van der Waals surface area contributed by atoms with Crippen LogP contribution in [0.25, 0.3) is 16.9 Å². The van der Waals surface area contributed by atoms with Gasteiger partial charge in [-0.2, -0.15) is 5.10 Å². The maximum atomic E-state index is 6.04. The second-order valence-electron chi connectivity index (χ2n) is 4.14. The molecule has 0 amide bonds. The van der Waals surface area contributed by atoms with E-state index in [4.69, 9.17) is 5.73 Å². The minimum Gasteiger partial charge on any atom is -0.369 e. The monoisotopic (exact) mass is 353 g/mol. The van der Waals surface area contributed by atoms with Crippen molar-refractivity contribution in [1.29, 1.82) is 0 Å². The zero-order chi connectivity index (χ0) is 12.9. The minimum absolute atomic E-state index is 0.491. The Balaban J connectivity index is 2.42. The number of halogens is 1. The fourth-order valence-corrected chi connectivity index (χ4v) is 2.79. The summed E-state index contributed by atoms with van der Waals surface area (Å²) in [5.74, 6) is 0.491. The van der Waals surface area contributed by atoms with Crippen molar-refractivity contribution < 1.29 is 0 Å². The van der Waals surface area contributed by atoms with Gasteiger partial charge in [0.05, 0.1) is 11.4 Å². The SMILES string of the molecule is Cc1nn(C)c2c1nc(N)n2-c1ccccc1I. The van der Waals surface area contributed by atoms with Gasteiger partial charge in [-0.25, -0.2) is 9.67 Å². The Morgan fingerprint density at radius 1 is 1.28 bits per heavy atom. The van der Waals surface area contributed by atoms with Gasteiger partial charge in [-0.1, -0.05) is 12.1 Å². The highest BCUT2D eigenvalue weighted by Crippen LogP contribution is 2.27. The molecule has 5 nitrogen and oxygen atoms in total. The lowest BCUT2D eigenvalue weighted by Gasteiger charge is -2.08. The Labute approximate surface area is 118 Å². The van der Waals surface area contributed by atoms with Gasteiger partial charge in [-0.15, -0.1) is 0 Å². The Bertz CT molecular complexity index is 740. The topological polar surface area (TPSA) is 61.7 Å². The Morgan fingerprint density at radius 2 is 2.00 bits per heavy atom. The number of para-hydroxylation sites is 1. The number of hydrogen-bond donors (Lipinski definition) is 1. The van der Waals surface area contributed by atoms with Crippen molar-refractivity contribution in [2.75, 3.05) is 5.73 Å². The number of benzene rings is 1. The molecule has 0 unspecified atom stereocenters. The molecule has 3 aromatic rings. The summed E-state index contributed by atoms with van der Waals surface area (Å²) in [5, 5.41) is 4.38. The highest BCUT2D eigenvalue weighted by atomic mass is 127. The first kappa shape index (κ1) is 11.5. The number of nitrogens with two attached hydrogens (primary N) is 1. The van der Waals surface area contributed by atoms with E-state index in [1.165, 1.54) is 0 Å². The molecule has 0 atom stereocenters. The molecule has 0 radical (unpaired) electrons. The van der Waals surface area contributed by atoms with E-state index in [0.717, 1.165) is 26.1 Å². The lowest BCUT2D eigenvalue weighted by atomic mass is 10.3. The Morgan fingerprint density at radius 3 is 2.72 bits per heavy atom. The summed E-state index contributed by atoms with van der Waals surface area (Å²) in [6, 6.07) is 8.07. The summed E-state index contributed by atoms with van der Waals surface area (Å²) in [7, 11) is 1.91. The van der Waals surface area contributed by atoms with Crippen LogP contribution in [0.1, 0.15) is 5.69 Å². The van der Waals surface area contributed by atoms with E-state index in [1.54, 1.807) is 0 Å². The zero-order valence-electron chi connectivity index (χ0n) is 10.1. The van der Waals surface area contributed by atoms with Gasteiger partial charge < -0.3 is 5.73 Å². The van der Waals surface area contributed by atoms with Crippen LogP contribution >= 0.6 is 22.6 Å². The molecule has 3 rings (SSSR count). The molecule has 2 aromatic heterocycles.